The summed E-state index contributed by atoms with van der Waals surface area (Å²) in [6.45, 7) is 0. The Morgan fingerprint density at radius 1 is 1.04 bits per heavy atom. The van der Waals surface area contributed by atoms with Crippen molar-refractivity contribution in [3.63, 3.8) is 0 Å². The Hall–Kier alpha value is -1.66. The maximum absolute atomic E-state index is 12.7. The molecule has 0 saturated carbocycles. The zero-order valence-corrected chi connectivity index (χ0v) is 15.8. The normalized spacial score (nSPS) is 16.0. The zero-order valence-electron chi connectivity index (χ0n) is 12.8. The number of amides is 2. The van der Waals surface area contributed by atoms with Gasteiger partial charge in [0, 0.05) is 15.6 Å². The maximum atomic E-state index is 12.7. The highest BCUT2D eigenvalue weighted by Crippen LogP contribution is 2.39. The number of hydrogen-bond donors (Lipinski definition) is 0. The van der Waals surface area contributed by atoms with Crippen LogP contribution in [-0.2, 0) is 4.79 Å². The van der Waals surface area contributed by atoms with Gasteiger partial charge in [-0.25, -0.2) is 4.90 Å². The van der Waals surface area contributed by atoms with Gasteiger partial charge in [0.05, 0.1) is 22.7 Å². The number of hydrogen-bond acceptors (Lipinski definition) is 4. The van der Waals surface area contributed by atoms with Crippen molar-refractivity contribution in [1.82, 2.24) is 0 Å². The minimum atomic E-state index is -0.435. The summed E-state index contributed by atoms with van der Waals surface area (Å²) in [7, 11) is 1.46. The lowest BCUT2D eigenvalue weighted by Crippen LogP contribution is -2.27. The van der Waals surface area contributed by atoms with Crippen molar-refractivity contribution in [2.24, 2.45) is 0 Å². The molecule has 2 amide bonds. The Morgan fingerprint density at radius 3 is 2.36 bits per heavy atom. The fourth-order valence-corrected chi connectivity index (χ4v) is 3.87. The number of halogens is 3. The first-order valence-corrected chi connectivity index (χ1v) is 8.92. The topological polar surface area (TPSA) is 46.6 Å². The first-order valence-electron chi connectivity index (χ1n) is 6.97. The zero-order chi connectivity index (χ0) is 18.1. The summed E-state index contributed by atoms with van der Waals surface area (Å²) >= 11 is 18.8. The Balaban J connectivity index is 2.00. The lowest BCUT2D eigenvalue weighted by molar-refractivity contribution is -0.113. The molecule has 0 bridgehead atoms. The van der Waals surface area contributed by atoms with Crippen LogP contribution in [0.25, 0.3) is 6.08 Å². The van der Waals surface area contributed by atoms with Gasteiger partial charge in [0.15, 0.2) is 0 Å². The van der Waals surface area contributed by atoms with Crippen LogP contribution in [0.3, 0.4) is 0 Å². The fraction of sp³-hybridized carbons (Fsp3) is 0.0588. The number of anilines is 1. The third-order valence-electron chi connectivity index (χ3n) is 3.41. The van der Waals surface area contributed by atoms with Crippen LogP contribution in [0.1, 0.15) is 5.56 Å². The molecule has 2 aromatic carbocycles. The van der Waals surface area contributed by atoms with E-state index in [2.05, 4.69) is 0 Å². The van der Waals surface area contributed by atoms with Gasteiger partial charge in [0.2, 0.25) is 0 Å². The van der Waals surface area contributed by atoms with Gasteiger partial charge in [-0.05, 0) is 54.2 Å². The molecule has 0 aliphatic carbocycles. The van der Waals surface area contributed by atoms with E-state index in [1.807, 2.05) is 0 Å². The third kappa shape index (κ3) is 3.65. The molecule has 0 unspecified atom stereocenters. The summed E-state index contributed by atoms with van der Waals surface area (Å²) in [6, 6.07) is 9.60. The highest BCUT2D eigenvalue weighted by Gasteiger charge is 2.36. The van der Waals surface area contributed by atoms with Crippen molar-refractivity contribution < 1.29 is 14.3 Å². The van der Waals surface area contributed by atoms with E-state index < -0.39 is 11.1 Å². The smallest absolute Gasteiger partial charge is 0.298 e. The predicted molar refractivity (Wildman–Crippen MR) is 103 cm³/mol. The average molecular weight is 415 g/mol. The molecular formula is C17H10Cl3NO3S. The lowest BCUT2D eigenvalue weighted by Gasteiger charge is -2.12. The number of methoxy groups -OCH3 is 1. The van der Waals surface area contributed by atoms with Crippen LogP contribution in [0.4, 0.5) is 10.5 Å². The monoisotopic (exact) mass is 413 g/mol. The molecule has 0 spiro atoms. The van der Waals surface area contributed by atoms with E-state index >= 15 is 0 Å². The predicted octanol–water partition coefficient (Wildman–Crippen LogP) is 5.90. The van der Waals surface area contributed by atoms with Gasteiger partial charge in [0.1, 0.15) is 5.75 Å². The summed E-state index contributed by atoms with van der Waals surface area (Å²) in [5.74, 6) is -0.0557. The molecule has 0 radical (unpaired) electrons. The summed E-state index contributed by atoms with van der Waals surface area (Å²) < 4.78 is 5.26. The molecule has 1 aliphatic heterocycles. The van der Waals surface area contributed by atoms with Crippen LogP contribution >= 0.6 is 46.6 Å². The molecule has 4 nitrogen and oxygen atoms in total. The van der Waals surface area contributed by atoms with Crippen LogP contribution in [0.15, 0.2) is 41.3 Å². The van der Waals surface area contributed by atoms with E-state index in [0.717, 1.165) is 16.7 Å². The van der Waals surface area contributed by atoms with Gasteiger partial charge in [0.25, 0.3) is 11.1 Å². The summed E-state index contributed by atoms with van der Waals surface area (Å²) in [4.78, 5) is 26.3. The molecule has 8 heteroatoms. The van der Waals surface area contributed by atoms with E-state index in [1.165, 1.54) is 13.2 Å². The molecule has 1 heterocycles. The number of ether oxygens (including phenoxy) is 1. The molecule has 0 aromatic heterocycles. The molecule has 1 saturated heterocycles. The van der Waals surface area contributed by atoms with Gasteiger partial charge in [-0.2, -0.15) is 0 Å². The van der Waals surface area contributed by atoms with Crippen molar-refractivity contribution in [2.45, 2.75) is 0 Å². The summed E-state index contributed by atoms with van der Waals surface area (Å²) in [5, 5.41) is 0.836. The summed E-state index contributed by atoms with van der Waals surface area (Å²) in [5.41, 5.74) is 0.966. The quantitative estimate of drug-likeness (QED) is 0.587. The van der Waals surface area contributed by atoms with E-state index in [-0.39, 0.29) is 4.91 Å². The maximum Gasteiger partial charge on any atom is 0.298 e. The van der Waals surface area contributed by atoms with Crippen molar-refractivity contribution in [1.29, 1.82) is 0 Å². The minimum Gasteiger partial charge on any atom is -0.495 e. The molecule has 1 fully saturated rings. The van der Waals surface area contributed by atoms with E-state index in [0.29, 0.717) is 32.1 Å². The van der Waals surface area contributed by atoms with Gasteiger partial charge in [-0.15, -0.1) is 0 Å². The highest BCUT2D eigenvalue weighted by molar-refractivity contribution is 8.19. The van der Waals surface area contributed by atoms with Crippen molar-refractivity contribution in [2.75, 3.05) is 12.0 Å². The van der Waals surface area contributed by atoms with E-state index in [1.54, 1.807) is 36.4 Å². The van der Waals surface area contributed by atoms with E-state index in [4.69, 9.17) is 39.5 Å². The number of imide groups is 1. The molecule has 2 aromatic rings. The Morgan fingerprint density at radius 2 is 1.72 bits per heavy atom. The van der Waals surface area contributed by atoms with Crippen molar-refractivity contribution >= 4 is 69.5 Å². The van der Waals surface area contributed by atoms with Crippen LogP contribution in [0, 0.1) is 0 Å². The molecule has 25 heavy (non-hydrogen) atoms. The van der Waals surface area contributed by atoms with Crippen LogP contribution < -0.4 is 9.64 Å². The molecule has 0 atom stereocenters. The number of nitrogens with zero attached hydrogens (tertiary/aromatic N) is 1. The number of benzene rings is 2. The second-order valence-electron chi connectivity index (χ2n) is 5.00. The molecule has 0 N–H and O–H groups in total. The average Bonchev–Trinajstić information content (AvgIpc) is 2.82. The molecular weight excluding hydrogens is 405 g/mol. The van der Waals surface area contributed by atoms with Crippen LogP contribution in [0.2, 0.25) is 15.1 Å². The largest absolute Gasteiger partial charge is 0.495 e. The highest BCUT2D eigenvalue weighted by atomic mass is 35.5. The number of thioether (sulfide) groups is 1. The number of carbonyl (C=O) groups is 2. The summed E-state index contributed by atoms with van der Waals surface area (Å²) in [6.07, 6.45) is 1.54. The Kier molecular flexibility index (Phi) is 5.29. The fourth-order valence-electron chi connectivity index (χ4n) is 2.32. The Bertz CT molecular complexity index is 897. The van der Waals surface area contributed by atoms with Gasteiger partial charge < -0.3 is 4.74 Å². The first kappa shape index (κ1) is 18.1. The number of rotatable bonds is 3. The SMILES string of the molecule is COc1c(Cl)cc(Cl)cc1/C=C1\SC(=O)N(c2ccc(Cl)cc2)C1=O. The molecule has 3 rings (SSSR count). The van der Waals surface area contributed by atoms with Crippen LogP contribution in [-0.4, -0.2) is 18.3 Å². The minimum absolute atomic E-state index is 0.247. The second-order valence-corrected chi connectivity index (χ2v) is 7.28. The van der Waals surface area contributed by atoms with Crippen molar-refractivity contribution in [3.8, 4) is 5.75 Å². The second kappa shape index (κ2) is 7.30. The molecule has 128 valence electrons. The third-order valence-corrected chi connectivity index (χ3v) is 5.03. The van der Waals surface area contributed by atoms with Gasteiger partial charge in [-0.3, -0.25) is 9.59 Å². The van der Waals surface area contributed by atoms with Gasteiger partial charge >= 0.3 is 0 Å². The van der Waals surface area contributed by atoms with E-state index in [9.17, 15) is 9.59 Å². The standard InChI is InChI=1S/C17H10Cl3NO3S/c1-24-15-9(6-11(19)8-13(15)20)7-14-16(22)21(17(23)25-14)12-4-2-10(18)3-5-12/h2-8H,1H3/b14-7-. The van der Waals surface area contributed by atoms with Gasteiger partial charge in [-0.1, -0.05) is 34.8 Å². The first-order chi connectivity index (χ1) is 11.9. The lowest BCUT2D eigenvalue weighted by atomic mass is 10.1. The van der Waals surface area contributed by atoms with Crippen LogP contribution in [0.5, 0.6) is 5.75 Å². The van der Waals surface area contributed by atoms with Crippen molar-refractivity contribution in [3.05, 3.63) is 61.9 Å². The number of carbonyl (C=O) groups excluding carboxylic acids is 2. The molecule has 1 aliphatic rings. The Labute approximate surface area is 163 Å².